The highest BCUT2D eigenvalue weighted by atomic mass is 19.1. The second-order valence-electron chi connectivity index (χ2n) is 12.3. The number of pyridine rings is 2. The summed E-state index contributed by atoms with van der Waals surface area (Å²) < 4.78 is 33.9. The molecule has 1 atom stereocenters. The van der Waals surface area contributed by atoms with Gasteiger partial charge >= 0.3 is 0 Å². The molecular weight excluding hydrogens is 643 g/mol. The van der Waals surface area contributed by atoms with E-state index in [1.165, 1.54) is 4.90 Å². The monoisotopic (exact) mass is 678 g/mol. The van der Waals surface area contributed by atoms with Crippen molar-refractivity contribution < 1.29 is 33.0 Å². The van der Waals surface area contributed by atoms with Gasteiger partial charge in [0.05, 0.1) is 25.1 Å². The zero-order valence-corrected chi connectivity index (χ0v) is 27.6. The number of fused-ring (bicyclic) bond motifs is 2. The van der Waals surface area contributed by atoms with Gasteiger partial charge in [0.2, 0.25) is 17.8 Å². The molecule has 0 spiro atoms. The number of aromatic nitrogens is 3. The molecule has 7 rings (SSSR count). The summed E-state index contributed by atoms with van der Waals surface area (Å²) in [5.41, 5.74) is 4.93. The van der Waals surface area contributed by atoms with Crippen LogP contribution in [0, 0.1) is 5.95 Å². The number of halogens is 1. The summed E-state index contributed by atoms with van der Waals surface area (Å²) in [4.78, 5) is 48.7. The van der Waals surface area contributed by atoms with Crippen LogP contribution in [0.15, 0.2) is 79.1 Å². The van der Waals surface area contributed by atoms with E-state index in [1.54, 1.807) is 35.2 Å². The van der Waals surface area contributed by atoms with Crippen LogP contribution >= 0.6 is 0 Å². The standard InChI is InChI=1S/C37H35FN6O6/c1-42(2)32-13-10-28(35(38)40-32)23-3-5-24(6-4-23)30-22-43-21-27(8-12-33(43)39-30)50-18-16-48-15-17-49-26-7-9-29-25(19-26)20-44(37(29)47)31-11-14-34(45)41-36(31)46/h3-10,12-13,19,21-22,31H,11,14-18,20H2,1-2H3,(H,41,45,46). The molecule has 1 saturated heterocycles. The summed E-state index contributed by atoms with van der Waals surface area (Å²) in [6, 6.07) is 19.4. The van der Waals surface area contributed by atoms with E-state index in [2.05, 4.69) is 10.3 Å². The van der Waals surface area contributed by atoms with E-state index in [-0.39, 0.29) is 24.8 Å². The Morgan fingerprint density at radius 2 is 1.56 bits per heavy atom. The van der Waals surface area contributed by atoms with Crippen molar-refractivity contribution in [3.05, 3.63) is 96.2 Å². The molecule has 2 aliphatic rings. The molecule has 3 amide bonds. The minimum Gasteiger partial charge on any atom is -0.491 e. The Morgan fingerprint density at radius 3 is 2.30 bits per heavy atom. The molecule has 0 radical (unpaired) electrons. The Balaban J connectivity index is 0.860. The first-order chi connectivity index (χ1) is 24.2. The van der Waals surface area contributed by atoms with Crippen LogP contribution in [0.3, 0.4) is 0 Å². The van der Waals surface area contributed by atoms with Gasteiger partial charge in [-0.1, -0.05) is 24.3 Å². The van der Waals surface area contributed by atoms with Gasteiger partial charge in [0.1, 0.15) is 42.2 Å². The summed E-state index contributed by atoms with van der Waals surface area (Å²) in [6.07, 6.45) is 4.31. The maximum absolute atomic E-state index is 14.6. The lowest BCUT2D eigenvalue weighted by atomic mass is 10.0. The Morgan fingerprint density at radius 1 is 0.840 bits per heavy atom. The molecule has 5 heterocycles. The van der Waals surface area contributed by atoms with Crippen molar-refractivity contribution in [2.45, 2.75) is 25.4 Å². The molecule has 1 fully saturated rings. The second kappa shape index (κ2) is 14.0. The maximum Gasteiger partial charge on any atom is 0.255 e. The number of benzene rings is 2. The molecule has 12 nitrogen and oxygen atoms in total. The van der Waals surface area contributed by atoms with Crippen molar-refractivity contribution >= 4 is 29.2 Å². The molecule has 1 unspecified atom stereocenters. The summed E-state index contributed by atoms with van der Waals surface area (Å²) in [6.45, 7) is 1.64. The summed E-state index contributed by atoms with van der Waals surface area (Å²) in [7, 11) is 3.64. The fourth-order valence-electron chi connectivity index (χ4n) is 6.09. The fourth-order valence-corrected chi connectivity index (χ4v) is 6.09. The fraction of sp³-hybridized carbons (Fsp3) is 0.270. The number of ether oxygens (including phenoxy) is 3. The van der Waals surface area contributed by atoms with Crippen LogP contribution in [-0.4, -0.2) is 83.6 Å². The molecule has 5 aromatic rings. The smallest absolute Gasteiger partial charge is 0.255 e. The van der Waals surface area contributed by atoms with E-state index >= 15 is 0 Å². The highest BCUT2D eigenvalue weighted by Gasteiger charge is 2.39. The number of imidazole rings is 1. The minimum atomic E-state index is -0.652. The molecule has 13 heteroatoms. The van der Waals surface area contributed by atoms with Crippen LogP contribution in [0.2, 0.25) is 0 Å². The van der Waals surface area contributed by atoms with Gasteiger partial charge in [-0.25, -0.2) is 9.97 Å². The Labute approximate surface area is 287 Å². The second-order valence-corrected chi connectivity index (χ2v) is 12.3. The van der Waals surface area contributed by atoms with Gasteiger partial charge in [0, 0.05) is 49.9 Å². The van der Waals surface area contributed by atoms with Gasteiger partial charge in [0.15, 0.2) is 0 Å². The van der Waals surface area contributed by atoms with Gasteiger partial charge in [-0.3, -0.25) is 19.7 Å². The van der Waals surface area contributed by atoms with Gasteiger partial charge in [-0.05, 0) is 60.0 Å². The average molecular weight is 679 g/mol. The molecule has 2 aliphatic heterocycles. The number of imide groups is 1. The molecule has 0 aliphatic carbocycles. The molecule has 256 valence electrons. The van der Waals surface area contributed by atoms with Gasteiger partial charge in [-0.15, -0.1) is 0 Å². The third-order valence-corrected chi connectivity index (χ3v) is 8.70. The zero-order valence-electron chi connectivity index (χ0n) is 27.6. The minimum absolute atomic E-state index is 0.213. The van der Waals surface area contributed by atoms with Gasteiger partial charge in [0.25, 0.3) is 5.91 Å². The van der Waals surface area contributed by atoms with E-state index in [1.807, 2.05) is 67.3 Å². The number of anilines is 1. The first kappa shape index (κ1) is 32.7. The first-order valence-electron chi connectivity index (χ1n) is 16.3. The van der Waals surface area contributed by atoms with Crippen molar-refractivity contribution in [2.24, 2.45) is 0 Å². The summed E-state index contributed by atoms with van der Waals surface area (Å²) in [5.74, 6) is 0.348. The van der Waals surface area contributed by atoms with Gasteiger partial charge in [-0.2, -0.15) is 4.39 Å². The largest absolute Gasteiger partial charge is 0.491 e. The summed E-state index contributed by atoms with van der Waals surface area (Å²) in [5, 5.41) is 2.31. The Bertz CT molecular complexity index is 2080. The molecular formula is C37H35FN6O6. The van der Waals surface area contributed by atoms with Crippen LogP contribution < -0.4 is 19.7 Å². The van der Waals surface area contributed by atoms with E-state index in [9.17, 15) is 18.8 Å². The quantitative estimate of drug-likeness (QED) is 0.115. The van der Waals surface area contributed by atoms with E-state index in [0.29, 0.717) is 61.3 Å². The van der Waals surface area contributed by atoms with E-state index in [0.717, 1.165) is 28.0 Å². The van der Waals surface area contributed by atoms with Crippen LogP contribution in [0.1, 0.15) is 28.8 Å². The number of nitrogens with zero attached hydrogens (tertiary/aromatic N) is 5. The normalized spacial score (nSPS) is 15.7. The van der Waals surface area contributed by atoms with Crippen molar-refractivity contribution in [1.82, 2.24) is 24.6 Å². The molecule has 0 bridgehead atoms. The summed E-state index contributed by atoms with van der Waals surface area (Å²) >= 11 is 0. The predicted octanol–water partition coefficient (Wildman–Crippen LogP) is 4.50. The van der Waals surface area contributed by atoms with Crippen LogP contribution in [0.25, 0.3) is 28.0 Å². The zero-order chi connectivity index (χ0) is 34.8. The van der Waals surface area contributed by atoms with E-state index in [4.69, 9.17) is 19.2 Å². The van der Waals surface area contributed by atoms with Crippen LogP contribution in [-0.2, 0) is 20.9 Å². The lowest BCUT2D eigenvalue weighted by Gasteiger charge is -2.29. The highest BCUT2D eigenvalue weighted by Crippen LogP contribution is 2.31. The van der Waals surface area contributed by atoms with Crippen LogP contribution in [0.4, 0.5) is 10.2 Å². The van der Waals surface area contributed by atoms with Crippen LogP contribution in [0.5, 0.6) is 11.5 Å². The lowest BCUT2D eigenvalue weighted by Crippen LogP contribution is -2.52. The predicted molar refractivity (Wildman–Crippen MR) is 182 cm³/mol. The number of piperidine rings is 1. The highest BCUT2D eigenvalue weighted by molar-refractivity contribution is 6.05. The van der Waals surface area contributed by atoms with Crippen molar-refractivity contribution in [3.63, 3.8) is 0 Å². The van der Waals surface area contributed by atoms with Gasteiger partial charge < -0.3 is 28.4 Å². The first-order valence-corrected chi connectivity index (χ1v) is 16.3. The number of carbonyl (C=O) groups is 3. The average Bonchev–Trinajstić information content (AvgIpc) is 3.68. The lowest BCUT2D eigenvalue weighted by molar-refractivity contribution is -0.136. The third kappa shape index (κ3) is 6.85. The topological polar surface area (TPSA) is 128 Å². The SMILES string of the molecule is CN(C)c1ccc(-c2ccc(-c3cn4cc(OCCOCCOc5ccc6c(c5)CN(C5CCC(=O)NC5=O)C6=O)ccc4n3)cc2)c(F)n1. The number of rotatable bonds is 12. The number of nitrogens with one attached hydrogen (secondary N) is 1. The maximum atomic E-state index is 14.6. The third-order valence-electron chi connectivity index (χ3n) is 8.70. The molecule has 50 heavy (non-hydrogen) atoms. The molecule has 2 aromatic carbocycles. The number of hydrogen-bond acceptors (Lipinski definition) is 9. The number of hydrogen-bond donors (Lipinski definition) is 1. The molecule has 1 N–H and O–H groups in total. The number of amides is 3. The number of carbonyl (C=O) groups excluding carboxylic acids is 3. The Hall–Kier alpha value is -5.82. The van der Waals surface area contributed by atoms with E-state index < -0.39 is 17.9 Å². The Kier molecular flexibility index (Phi) is 9.13. The van der Waals surface area contributed by atoms with Crippen molar-refractivity contribution in [3.8, 4) is 33.9 Å². The van der Waals surface area contributed by atoms with Crippen molar-refractivity contribution in [2.75, 3.05) is 45.4 Å². The molecule has 3 aromatic heterocycles. The molecule has 0 saturated carbocycles. The van der Waals surface area contributed by atoms with Crippen molar-refractivity contribution in [1.29, 1.82) is 0 Å².